The first-order valence-electron chi connectivity index (χ1n) is 6.81. The quantitative estimate of drug-likeness (QED) is 0.705. The van der Waals surface area contributed by atoms with Crippen LogP contribution in [0.2, 0.25) is 0 Å². The highest BCUT2D eigenvalue weighted by molar-refractivity contribution is 7.89. The fraction of sp³-hybridized carbons (Fsp3) is 0.750. The van der Waals surface area contributed by atoms with Crippen LogP contribution >= 0.6 is 0 Å². The number of rotatable bonds is 6. The standard InChI is InChI=1S/C12H22N4O3S/c1-3-13-8-10-9-14-15-11(10)20(17,18)16-12(2)4-6-19-7-5-12/h9,13,16H,3-8H2,1-2H3,(H,14,15). The highest BCUT2D eigenvalue weighted by Gasteiger charge is 2.34. The molecule has 1 fully saturated rings. The van der Waals surface area contributed by atoms with Gasteiger partial charge in [-0.2, -0.15) is 5.10 Å². The minimum Gasteiger partial charge on any atom is -0.381 e. The van der Waals surface area contributed by atoms with Gasteiger partial charge in [-0.25, -0.2) is 13.1 Å². The Bertz CT molecular complexity index is 535. The summed E-state index contributed by atoms with van der Waals surface area (Å²) in [4.78, 5) is 0. The van der Waals surface area contributed by atoms with Crippen LogP contribution in [-0.2, 0) is 21.3 Å². The van der Waals surface area contributed by atoms with Crippen LogP contribution in [0, 0.1) is 0 Å². The molecule has 7 nitrogen and oxygen atoms in total. The predicted octanol–water partition coefficient (Wildman–Crippen LogP) is 0.367. The average molecular weight is 302 g/mol. The maximum Gasteiger partial charge on any atom is 0.258 e. The van der Waals surface area contributed by atoms with E-state index >= 15 is 0 Å². The molecule has 0 aliphatic carbocycles. The maximum atomic E-state index is 12.5. The van der Waals surface area contributed by atoms with Crippen LogP contribution in [-0.4, -0.2) is 43.9 Å². The highest BCUT2D eigenvalue weighted by atomic mass is 32.2. The molecule has 1 aliphatic heterocycles. The van der Waals surface area contributed by atoms with Crippen molar-refractivity contribution in [3.8, 4) is 0 Å². The topological polar surface area (TPSA) is 96.1 Å². The van der Waals surface area contributed by atoms with Crippen LogP contribution in [0.5, 0.6) is 0 Å². The van der Waals surface area contributed by atoms with Crippen molar-refractivity contribution >= 4 is 10.0 Å². The molecule has 1 aromatic heterocycles. The largest absolute Gasteiger partial charge is 0.381 e. The number of sulfonamides is 1. The van der Waals surface area contributed by atoms with Gasteiger partial charge in [0.25, 0.3) is 10.0 Å². The summed E-state index contributed by atoms with van der Waals surface area (Å²) in [5.74, 6) is 0. The van der Waals surface area contributed by atoms with Crippen molar-refractivity contribution in [1.29, 1.82) is 0 Å². The molecule has 0 aromatic carbocycles. The summed E-state index contributed by atoms with van der Waals surface area (Å²) >= 11 is 0. The second-order valence-electron chi connectivity index (χ2n) is 5.28. The molecule has 0 amide bonds. The Morgan fingerprint density at radius 3 is 2.80 bits per heavy atom. The van der Waals surface area contributed by atoms with Gasteiger partial charge < -0.3 is 10.1 Å². The number of hydrogen-bond acceptors (Lipinski definition) is 5. The summed E-state index contributed by atoms with van der Waals surface area (Å²) < 4.78 is 33.1. The number of aromatic nitrogens is 2. The van der Waals surface area contributed by atoms with E-state index in [9.17, 15) is 8.42 Å². The van der Waals surface area contributed by atoms with Gasteiger partial charge in [0.15, 0.2) is 5.03 Å². The van der Waals surface area contributed by atoms with E-state index in [-0.39, 0.29) is 5.03 Å². The zero-order valence-electron chi connectivity index (χ0n) is 11.9. The molecule has 0 unspecified atom stereocenters. The van der Waals surface area contributed by atoms with E-state index in [1.807, 2.05) is 13.8 Å². The van der Waals surface area contributed by atoms with Crippen LogP contribution in [0.4, 0.5) is 0 Å². The molecular weight excluding hydrogens is 280 g/mol. The third-order valence-electron chi connectivity index (χ3n) is 3.49. The third kappa shape index (κ3) is 3.57. The number of aromatic amines is 1. The van der Waals surface area contributed by atoms with Crippen molar-refractivity contribution < 1.29 is 13.2 Å². The average Bonchev–Trinajstić information content (AvgIpc) is 2.85. The SMILES string of the molecule is CCNCc1cn[nH]c1S(=O)(=O)NC1(C)CCOCC1. The zero-order chi connectivity index (χ0) is 14.6. The van der Waals surface area contributed by atoms with Gasteiger partial charge in [-0.05, 0) is 26.3 Å². The van der Waals surface area contributed by atoms with Crippen molar-refractivity contribution in [2.24, 2.45) is 0 Å². The molecule has 0 atom stereocenters. The first-order chi connectivity index (χ1) is 9.47. The molecule has 114 valence electrons. The molecule has 3 N–H and O–H groups in total. The van der Waals surface area contributed by atoms with E-state index in [0.717, 1.165) is 6.54 Å². The molecule has 1 aliphatic rings. The van der Waals surface area contributed by atoms with Gasteiger partial charge >= 0.3 is 0 Å². The Balaban J connectivity index is 2.15. The summed E-state index contributed by atoms with van der Waals surface area (Å²) in [5, 5.41) is 9.69. The Morgan fingerprint density at radius 2 is 2.15 bits per heavy atom. The molecule has 20 heavy (non-hydrogen) atoms. The van der Waals surface area contributed by atoms with Crippen molar-refractivity contribution in [3.05, 3.63) is 11.8 Å². The van der Waals surface area contributed by atoms with Crippen molar-refractivity contribution in [2.75, 3.05) is 19.8 Å². The second kappa shape index (κ2) is 6.21. The lowest BCUT2D eigenvalue weighted by Crippen LogP contribution is -2.49. The van der Waals surface area contributed by atoms with Crippen molar-refractivity contribution in [2.45, 2.75) is 43.8 Å². The van der Waals surface area contributed by atoms with Crippen LogP contribution in [0.1, 0.15) is 32.3 Å². The van der Waals surface area contributed by atoms with Gasteiger partial charge in [0.05, 0.1) is 6.20 Å². The Labute approximate surface area is 119 Å². The van der Waals surface area contributed by atoms with E-state index in [0.29, 0.717) is 38.2 Å². The minimum absolute atomic E-state index is 0.145. The van der Waals surface area contributed by atoms with E-state index in [2.05, 4.69) is 20.2 Å². The first kappa shape index (κ1) is 15.4. The zero-order valence-corrected chi connectivity index (χ0v) is 12.7. The lowest BCUT2D eigenvalue weighted by atomic mass is 9.94. The minimum atomic E-state index is -3.60. The van der Waals surface area contributed by atoms with Gasteiger partial charge in [0, 0.05) is 30.9 Å². The molecule has 2 rings (SSSR count). The van der Waals surface area contributed by atoms with Crippen molar-refractivity contribution in [1.82, 2.24) is 20.2 Å². The maximum absolute atomic E-state index is 12.5. The molecule has 1 saturated heterocycles. The fourth-order valence-corrected chi connectivity index (χ4v) is 3.81. The first-order valence-corrected chi connectivity index (χ1v) is 8.30. The molecule has 0 spiro atoms. The van der Waals surface area contributed by atoms with Crippen LogP contribution in [0.25, 0.3) is 0 Å². The lowest BCUT2D eigenvalue weighted by Gasteiger charge is -2.33. The van der Waals surface area contributed by atoms with E-state index < -0.39 is 15.6 Å². The summed E-state index contributed by atoms with van der Waals surface area (Å²) in [6, 6.07) is 0. The number of H-pyrrole nitrogens is 1. The van der Waals surface area contributed by atoms with Crippen LogP contribution < -0.4 is 10.0 Å². The normalized spacial score (nSPS) is 19.1. The highest BCUT2D eigenvalue weighted by Crippen LogP contribution is 2.23. The Kier molecular flexibility index (Phi) is 4.79. The Hall–Kier alpha value is -0.960. The number of nitrogens with zero attached hydrogens (tertiary/aromatic N) is 1. The van der Waals surface area contributed by atoms with E-state index in [1.54, 1.807) is 6.20 Å². The fourth-order valence-electron chi connectivity index (χ4n) is 2.22. The molecule has 8 heteroatoms. The Morgan fingerprint density at radius 1 is 1.45 bits per heavy atom. The number of ether oxygens (including phenoxy) is 1. The summed E-state index contributed by atoms with van der Waals surface area (Å²) in [6.45, 7) is 6.28. The second-order valence-corrected chi connectivity index (χ2v) is 6.90. The summed E-state index contributed by atoms with van der Waals surface area (Å²) in [5.41, 5.74) is 0.187. The molecule has 1 aromatic rings. The van der Waals surface area contributed by atoms with Crippen molar-refractivity contribution in [3.63, 3.8) is 0 Å². The van der Waals surface area contributed by atoms with Gasteiger partial charge in [-0.1, -0.05) is 6.92 Å². The van der Waals surface area contributed by atoms with Crippen LogP contribution in [0.15, 0.2) is 11.2 Å². The van der Waals surface area contributed by atoms with Gasteiger partial charge in [0.1, 0.15) is 0 Å². The molecule has 0 radical (unpaired) electrons. The number of hydrogen-bond donors (Lipinski definition) is 3. The predicted molar refractivity (Wildman–Crippen MR) is 74.7 cm³/mol. The monoisotopic (exact) mass is 302 g/mol. The van der Waals surface area contributed by atoms with Gasteiger partial charge in [0.2, 0.25) is 0 Å². The summed E-state index contributed by atoms with van der Waals surface area (Å²) in [6.07, 6.45) is 2.88. The van der Waals surface area contributed by atoms with E-state index in [1.165, 1.54) is 0 Å². The molecule has 2 heterocycles. The third-order valence-corrected chi connectivity index (χ3v) is 5.14. The molecule has 0 saturated carbocycles. The number of nitrogens with one attached hydrogen (secondary N) is 3. The van der Waals surface area contributed by atoms with Gasteiger partial charge in [-0.15, -0.1) is 0 Å². The smallest absolute Gasteiger partial charge is 0.258 e. The summed E-state index contributed by atoms with van der Waals surface area (Å²) in [7, 11) is -3.60. The lowest BCUT2D eigenvalue weighted by molar-refractivity contribution is 0.0537. The molecule has 0 bridgehead atoms. The van der Waals surface area contributed by atoms with Gasteiger partial charge in [-0.3, -0.25) is 5.10 Å². The van der Waals surface area contributed by atoms with Crippen LogP contribution in [0.3, 0.4) is 0 Å². The molecular formula is C12H22N4O3S. The van der Waals surface area contributed by atoms with E-state index in [4.69, 9.17) is 4.74 Å².